The second-order valence-corrected chi connectivity index (χ2v) is 6.25. The van der Waals surface area contributed by atoms with Crippen LogP contribution < -0.4 is 11.1 Å². The van der Waals surface area contributed by atoms with Gasteiger partial charge in [0.05, 0.1) is 11.6 Å². The highest BCUT2D eigenvalue weighted by atomic mass is 79.9. The van der Waals surface area contributed by atoms with E-state index in [2.05, 4.69) is 35.1 Å². The highest BCUT2D eigenvalue weighted by molar-refractivity contribution is 9.10. The summed E-state index contributed by atoms with van der Waals surface area (Å²) >= 11 is 3.34. The molecule has 4 heteroatoms. The van der Waals surface area contributed by atoms with Gasteiger partial charge in [-0.3, -0.25) is 4.79 Å². The zero-order valence-corrected chi connectivity index (χ0v) is 13.7. The third kappa shape index (κ3) is 3.85. The fourth-order valence-corrected chi connectivity index (χ4v) is 2.63. The molecule has 0 spiro atoms. The summed E-state index contributed by atoms with van der Waals surface area (Å²) in [6.45, 7) is 4.17. The first kappa shape index (κ1) is 15.6. The summed E-state index contributed by atoms with van der Waals surface area (Å²) in [6, 6.07) is 15.2. The van der Waals surface area contributed by atoms with E-state index >= 15 is 0 Å². The molecule has 2 aromatic rings. The molecule has 0 aromatic heterocycles. The lowest BCUT2D eigenvalue weighted by Crippen LogP contribution is -2.32. The van der Waals surface area contributed by atoms with Gasteiger partial charge in [0.15, 0.2) is 0 Å². The van der Waals surface area contributed by atoms with Crippen molar-refractivity contribution in [3.05, 3.63) is 64.1 Å². The average molecular weight is 347 g/mol. The SMILES string of the molecule is CC(C)C(NC(=O)c1ccc(Br)cc1N)c1ccccc1. The molecule has 21 heavy (non-hydrogen) atoms. The van der Waals surface area contributed by atoms with Gasteiger partial charge < -0.3 is 11.1 Å². The number of nitrogens with one attached hydrogen (secondary N) is 1. The first-order chi connectivity index (χ1) is 9.99. The molecule has 0 aliphatic heterocycles. The number of hydrogen-bond acceptors (Lipinski definition) is 2. The molecule has 3 nitrogen and oxygen atoms in total. The van der Waals surface area contributed by atoms with Crippen molar-refractivity contribution >= 4 is 27.5 Å². The maximum absolute atomic E-state index is 12.5. The van der Waals surface area contributed by atoms with Gasteiger partial charge in [0, 0.05) is 10.2 Å². The van der Waals surface area contributed by atoms with Crippen LogP contribution in [-0.2, 0) is 0 Å². The summed E-state index contributed by atoms with van der Waals surface area (Å²) < 4.78 is 0.861. The van der Waals surface area contributed by atoms with Crippen LogP contribution in [0.3, 0.4) is 0 Å². The standard InChI is InChI=1S/C17H19BrN2O/c1-11(2)16(12-6-4-3-5-7-12)20-17(21)14-9-8-13(18)10-15(14)19/h3-11,16H,19H2,1-2H3,(H,20,21). The lowest BCUT2D eigenvalue weighted by Gasteiger charge is -2.23. The van der Waals surface area contributed by atoms with E-state index < -0.39 is 0 Å². The molecule has 110 valence electrons. The van der Waals surface area contributed by atoms with Crippen molar-refractivity contribution in [2.45, 2.75) is 19.9 Å². The van der Waals surface area contributed by atoms with Gasteiger partial charge in [-0.05, 0) is 29.7 Å². The molecular formula is C17H19BrN2O. The topological polar surface area (TPSA) is 55.1 Å². The van der Waals surface area contributed by atoms with Crippen molar-refractivity contribution in [3.63, 3.8) is 0 Å². The number of anilines is 1. The van der Waals surface area contributed by atoms with E-state index in [-0.39, 0.29) is 17.9 Å². The van der Waals surface area contributed by atoms with Gasteiger partial charge in [-0.15, -0.1) is 0 Å². The Morgan fingerprint density at radius 2 is 1.81 bits per heavy atom. The normalized spacial score (nSPS) is 12.2. The monoisotopic (exact) mass is 346 g/mol. The Morgan fingerprint density at radius 1 is 1.14 bits per heavy atom. The molecule has 1 unspecified atom stereocenters. The number of amides is 1. The van der Waals surface area contributed by atoms with Crippen molar-refractivity contribution in [1.82, 2.24) is 5.32 Å². The number of nitrogens with two attached hydrogens (primary N) is 1. The van der Waals surface area contributed by atoms with Crippen molar-refractivity contribution in [3.8, 4) is 0 Å². The van der Waals surface area contributed by atoms with Crippen molar-refractivity contribution in [1.29, 1.82) is 0 Å². The molecule has 3 N–H and O–H groups in total. The molecule has 1 atom stereocenters. The minimum Gasteiger partial charge on any atom is -0.398 e. The Hall–Kier alpha value is -1.81. The van der Waals surface area contributed by atoms with Crippen LogP contribution in [0.4, 0.5) is 5.69 Å². The Morgan fingerprint density at radius 3 is 2.38 bits per heavy atom. The van der Waals surface area contributed by atoms with E-state index in [4.69, 9.17) is 5.73 Å². The fraction of sp³-hybridized carbons (Fsp3) is 0.235. The van der Waals surface area contributed by atoms with E-state index in [1.807, 2.05) is 36.4 Å². The summed E-state index contributed by atoms with van der Waals surface area (Å²) in [7, 11) is 0. The molecule has 0 fully saturated rings. The lowest BCUT2D eigenvalue weighted by atomic mass is 9.95. The third-order valence-corrected chi connectivity index (χ3v) is 3.86. The number of carbonyl (C=O) groups excluding carboxylic acids is 1. The highest BCUT2D eigenvalue weighted by Gasteiger charge is 2.20. The zero-order chi connectivity index (χ0) is 15.4. The number of nitrogen functional groups attached to an aromatic ring is 1. The number of carbonyl (C=O) groups is 1. The molecule has 0 saturated carbocycles. The van der Waals surface area contributed by atoms with E-state index in [0.717, 1.165) is 10.0 Å². The molecule has 0 bridgehead atoms. The van der Waals surface area contributed by atoms with E-state index in [1.54, 1.807) is 12.1 Å². The van der Waals surface area contributed by atoms with E-state index in [0.29, 0.717) is 11.3 Å². The molecule has 2 aromatic carbocycles. The summed E-state index contributed by atoms with van der Waals surface area (Å²) in [4.78, 5) is 12.5. The Bertz CT molecular complexity index is 626. The number of halogens is 1. The number of rotatable bonds is 4. The minimum atomic E-state index is -0.150. The second kappa shape index (κ2) is 6.76. The number of benzene rings is 2. The fourth-order valence-electron chi connectivity index (χ4n) is 2.25. The molecule has 0 heterocycles. The molecule has 0 aliphatic carbocycles. The van der Waals surface area contributed by atoms with Gasteiger partial charge in [-0.2, -0.15) is 0 Å². The highest BCUT2D eigenvalue weighted by Crippen LogP contribution is 2.24. The van der Waals surface area contributed by atoms with Crippen molar-refractivity contribution in [2.24, 2.45) is 5.92 Å². The van der Waals surface area contributed by atoms with Crippen LogP contribution in [0.5, 0.6) is 0 Å². The van der Waals surface area contributed by atoms with Crippen LogP contribution >= 0.6 is 15.9 Å². The van der Waals surface area contributed by atoms with Gasteiger partial charge in [0.2, 0.25) is 0 Å². The van der Waals surface area contributed by atoms with Gasteiger partial charge in [-0.1, -0.05) is 60.1 Å². The summed E-state index contributed by atoms with van der Waals surface area (Å²) in [5, 5.41) is 3.08. The molecule has 1 amide bonds. The van der Waals surface area contributed by atoms with Gasteiger partial charge in [0.25, 0.3) is 5.91 Å². The number of hydrogen-bond donors (Lipinski definition) is 2. The lowest BCUT2D eigenvalue weighted by molar-refractivity contribution is 0.0926. The molecule has 0 radical (unpaired) electrons. The molecular weight excluding hydrogens is 328 g/mol. The molecule has 2 rings (SSSR count). The maximum atomic E-state index is 12.5. The zero-order valence-electron chi connectivity index (χ0n) is 12.1. The molecule has 0 saturated heterocycles. The largest absolute Gasteiger partial charge is 0.398 e. The van der Waals surface area contributed by atoms with Gasteiger partial charge >= 0.3 is 0 Å². The predicted octanol–water partition coefficient (Wildman–Crippen LogP) is 4.16. The van der Waals surface area contributed by atoms with Crippen LogP contribution in [0, 0.1) is 5.92 Å². The quantitative estimate of drug-likeness (QED) is 0.816. The average Bonchev–Trinajstić information content (AvgIpc) is 2.45. The van der Waals surface area contributed by atoms with Crippen molar-refractivity contribution < 1.29 is 4.79 Å². The Kier molecular flexibility index (Phi) is 5.02. The van der Waals surface area contributed by atoms with Crippen LogP contribution in [0.1, 0.15) is 35.8 Å². The summed E-state index contributed by atoms with van der Waals surface area (Å²) in [5.74, 6) is 0.135. The van der Waals surface area contributed by atoms with Crippen molar-refractivity contribution in [2.75, 3.05) is 5.73 Å². The van der Waals surface area contributed by atoms with Crippen LogP contribution in [0.15, 0.2) is 53.0 Å². The maximum Gasteiger partial charge on any atom is 0.253 e. The summed E-state index contributed by atoms with van der Waals surface area (Å²) in [6.07, 6.45) is 0. The van der Waals surface area contributed by atoms with E-state index in [9.17, 15) is 4.79 Å². The Balaban J connectivity index is 2.23. The van der Waals surface area contributed by atoms with E-state index in [1.165, 1.54) is 0 Å². The first-order valence-corrected chi connectivity index (χ1v) is 7.69. The van der Waals surface area contributed by atoms with Crippen LogP contribution in [-0.4, -0.2) is 5.91 Å². The predicted molar refractivity (Wildman–Crippen MR) is 90.0 cm³/mol. The summed E-state index contributed by atoms with van der Waals surface area (Å²) in [5.41, 5.74) is 7.99. The van der Waals surface area contributed by atoms with Crippen LogP contribution in [0.25, 0.3) is 0 Å². The van der Waals surface area contributed by atoms with Gasteiger partial charge in [-0.25, -0.2) is 0 Å². The van der Waals surface area contributed by atoms with Gasteiger partial charge in [0.1, 0.15) is 0 Å². The molecule has 0 aliphatic rings. The van der Waals surface area contributed by atoms with Crippen LogP contribution in [0.2, 0.25) is 0 Å². The first-order valence-electron chi connectivity index (χ1n) is 6.90. The second-order valence-electron chi connectivity index (χ2n) is 5.34. The third-order valence-electron chi connectivity index (χ3n) is 3.37. The smallest absolute Gasteiger partial charge is 0.253 e. The Labute approximate surface area is 133 Å². The minimum absolute atomic E-state index is 0.0400.